The maximum absolute atomic E-state index is 12.1. The molecule has 1 heterocycles. The van der Waals surface area contributed by atoms with Gasteiger partial charge in [0.1, 0.15) is 5.69 Å². The van der Waals surface area contributed by atoms with E-state index in [0.717, 1.165) is 16.1 Å². The van der Waals surface area contributed by atoms with Crippen LogP contribution in [0.15, 0.2) is 29.8 Å². The molecule has 0 radical (unpaired) electrons. The van der Waals surface area contributed by atoms with Crippen molar-refractivity contribution >= 4 is 22.9 Å². The average Bonchev–Trinajstić information content (AvgIpc) is 2.76. The Hall–Kier alpha value is -1.68. The number of hydrogen-bond donors (Lipinski definition) is 1. The highest BCUT2D eigenvalue weighted by atomic mass is 32.1. The first-order valence-electron chi connectivity index (χ1n) is 5.90. The molecule has 1 N–H and O–H groups in total. The standard InChI is InChI=1S/C14H16N2OS/c1-9(2)11-6-4-5-7-12(11)16-14(17)13-10(3)18-8-15-13/h4-9H,1-3H3,(H,16,17). The van der Waals surface area contributed by atoms with E-state index in [9.17, 15) is 4.79 Å². The lowest BCUT2D eigenvalue weighted by atomic mass is 10.0. The number of rotatable bonds is 3. The fraction of sp³-hybridized carbons (Fsp3) is 0.286. The summed E-state index contributed by atoms with van der Waals surface area (Å²) in [4.78, 5) is 17.1. The van der Waals surface area contributed by atoms with E-state index in [1.807, 2.05) is 31.2 Å². The Morgan fingerprint density at radius 1 is 1.33 bits per heavy atom. The van der Waals surface area contributed by atoms with Crippen molar-refractivity contribution in [2.75, 3.05) is 5.32 Å². The SMILES string of the molecule is Cc1scnc1C(=O)Nc1ccccc1C(C)C. The molecule has 18 heavy (non-hydrogen) atoms. The van der Waals surface area contributed by atoms with Crippen molar-refractivity contribution in [3.8, 4) is 0 Å². The van der Waals surface area contributed by atoms with Gasteiger partial charge in [0, 0.05) is 10.6 Å². The molecule has 2 rings (SSSR count). The number of nitrogens with one attached hydrogen (secondary N) is 1. The monoisotopic (exact) mass is 260 g/mol. The predicted molar refractivity (Wildman–Crippen MR) is 75.3 cm³/mol. The molecule has 0 fully saturated rings. The molecule has 1 aromatic heterocycles. The third-order valence-corrected chi connectivity index (χ3v) is 3.55. The molecule has 1 aromatic carbocycles. The summed E-state index contributed by atoms with van der Waals surface area (Å²) in [5.41, 5.74) is 4.21. The number of aryl methyl sites for hydroxylation is 1. The molecular weight excluding hydrogens is 244 g/mol. The van der Waals surface area contributed by atoms with E-state index in [0.29, 0.717) is 11.6 Å². The van der Waals surface area contributed by atoms with Crippen LogP contribution in [-0.2, 0) is 0 Å². The van der Waals surface area contributed by atoms with Crippen LogP contribution in [0.2, 0.25) is 0 Å². The zero-order valence-electron chi connectivity index (χ0n) is 10.7. The third kappa shape index (κ3) is 2.59. The van der Waals surface area contributed by atoms with Gasteiger partial charge in [-0.25, -0.2) is 4.98 Å². The van der Waals surface area contributed by atoms with E-state index in [-0.39, 0.29) is 5.91 Å². The van der Waals surface area contributed by atoms with Gasteiger partial charge in [0.05, 0.1) is 5.51 Å². The summed E-state index contributed by atoms with van der Waals surface area (Å²) in [7, 11) is 0. The second-order valence-corrected chi connectivity index (χ2v) is 5.51. The number of hydrogen-bond acceptors (Lipinski definition) is 3. The first-order chi connectivity index (χ1) is 8.59. The van der Waals surface area contributed by atoms with Crippen molar-refractivity contribution in [3.05, 3.63) is 45.9 Å². The van der Waals surface area contributed by atoms with E-state index in [2.05, 4.69) is 24.1 Å². The highest BCUT2D eigenvalue weighted by Gasteiger charge is 2.14. The van der Waals surface area contributed by atoms with Crippen LogP contribution < -0.4 is 5.32 Å². The second-order valence-electron chi connectivity index (χ2n) is 4.45. The summed E-state index contributed by atoms with van der Waals surface area (Å²) in [6, 6.07) is 7.87. The Morgan fingerprint density at radius 2 is 2.06 bits per heavy atom. The van der Waals surface area contributed by atoms with E-state index in [1.165, 1.54) is 11.3 Å². The van der Waals surface area contributed by atoms with Crippen LogP contribution in [0.3, 0.4) is 0 Å². The van der Waals surface area contributed by atoms with Crippen molar-refractivity contribution in [2.24, 2.45) is 0 Å². The zero-order valence-corrected chi connectivity index (χ0v) is 11.5. The number of thiazole rings is 1. The van der Waals surface area contributed by atoms with Gasteiger partial charge >= 0.3 is 0 Å². The number of amides is 1. The molecule has 1 amide bonds. The molecule has 0 saturated carbocycles. The first-order valence-corrected chi connectivity index (χ1v) is 6.78. The largest absolute Gasteiger partial charge is 0.320 e. The minimum Gasteiger partial charge on any atom is -0.320 e. The van der Waals surface area contributed by atoms with Crippen LogP contribution in [-0.4, -0.2) is 10.9 Å². The quantitative estimate of drug-likeness (QED) is 0.911. The molecule has 0 unspecified atom stereocenters. The Balaban J connectivity index is 2.25. The Bertz CT molecular complexity index is 560. The summed E-state index contributed by atoms with van der Waals surface area (Å²) >= 11 is 1.48. The zero-order chi connectivity index (χ0) is 13.1. The topological polar surface area (TPSA) is 42.0 Å². The highest BCUT2D eigenvalue weighted by Crippen LogP contribution is 2.24. The number of para-hydroxylation sites is 1. The molecule has 4 heteroatoms. The van der Waals surface area contributed by atoms with E-state index in [1.54, 1.807) is 5.51 Å². The number of carbonyl (C=O) groups excluding carboxylic acids is 1. The maximum atomic E-state index is 12.1. The minimum absolute atomic E-state index is 0.137. The van der Waals surface area contributed by atoms with Crippen LogP contribution in [0, 0.1) is 6.92 Å². The minimum atomic E-state index is -0.137. The number of benzene rings is 1. The van der Waals surface area contributed by atoms with Crippen molar-refractivity contribution in [1.29, 1.82) is 0 Å². The number of carbonyl (C=O) groups is 1. The first kappa shape index (κ1) is 12.8. The maximum Gasteiger partial charge on any atom is 0.275 e. The molecule has 0 atom stereocenters. The predicted octanol–water partition coefficient (Wildman–Crippen LogP) is 3.83. The Kier molecular flexibility index (Phi) is 3.77. The van der Waals surface area contributed by atoms with Gasteiger partial charge in [-0.05, 0) is 24.5 Å². The van der Waals surface area contributed by atoms with Gasteiger partial charge in [-0.1, -0.05) is 32.0 Å². The van der Waals surface area contributed by atoms with Gasteiger partial charge in [0.15, 0.2) is 0 Å². The van der Waals surface area contributed by atoms with Crippen LogP contribution in [0.1, 0.15) is 40.7 Å². The molecule has 0 aliphatic rings. The summed E-state index contributed by atoms with van der Waals surface area (Å²) in [6.07, 6.45) is 0. The van der Waals surface area contributed by atoms with Crippen molar-refractivity contribution in [1.82, 2.24) is 4.98 Å². The van der Waals surface area contributed by atoms with E-state index in [4.69, 9.17) is 0 Å². The Morgan fingerprint density at radius 3 is 2.67 bits per heavy atom. The smallest absolute Gasteiger partial charge is 0.275 e. The fourth-order valence-corrected chi connectivity index (χ4v) is 2.39. The Labute approximate surface area is 111 Å². The average molecular weight is 260 g/mol. The molecule has 0 bridgehead atoms. The van der Waals surface area contributed by atoms with E-state index >= 15 is 0 Å². The van der Waals surface area contributed by atoms with Crippen LogP contribution in [0.25, 0.3) is 0 Å². The second kappa shape index (κ2) is 5.31. The van der Waals surface area contributed by atoms with Crippen molar-refractivity contribution in [2.45, 2.75) is 26.7 Å². The van der Waals surface area contributed by atoms with Gasteiger partial charge in [-0.3, -0.25) is 4.79 Å². The summed E-state index contributed by atoms with van der Waals surface area (Å²) in [5, 5.41) is 2.94. The van der Waals surface area contributed by atoms with Gasteiger partial charge in [-0.15, -0.1) is 11.3 Å². The lowest BCUT2D eigenvalue weighted by molar-refractivity contribution is 0.102. The summed E-state index contributed by atoms with van der Waals surface area (Å²) < 4.78 is 0. The van der Waals surface area contributed by atoms with Crippen LogP contribution in [0.5, 0.6) is 0 Å². The van der Waals surface area contributed by atoms with Gasteiger partial charge < -0.3 is 5.32 Å². The molecular formula is C14H16N2OS. The number of nitrogens with zero attached hydrogens (tertiary/aromatic N) is 1. The molecule has 0 saturated heterocycles. The molecule has 2 aromatic rings. The van der Waals surface area contributed by atoms with Gasteiger partial charge in [0.2, 0.25) is 0 Å². The molecule has 0 spiro atoms. The third-order valence-electron chi connectivity index (χ3n) is 2.79. The summed E-state index contributed by atoms with van der Waals surface area (Å²) in [6.45, 7) is 6.12. The summed E-state index contributed by atoms with van der Waals surface area (Å²) in [5.74, 6) is 0.236. The molecule has 0 aliphatic heterocycles. The van der Waals surface area contributed by atoms with Crippen molar-refractivity contribution < 1.29 is 4.79 Å². The molecule has 94 valence electrons. The van der Waals surface area contributed by atoms with Gasteiger partial charge in [-0.2, -0.15) is 0 Å². The van der Waals surface area contributed by atoms with Crippen molar-refractivity contribution in [3.63, 3.8) is 0 Å². The normalized spacial score (nSPS) is 10.7. The highest BCUT2D eigenvalue weighted by molar-refractivity contribution is 7.09. The van der Waals surface area contributed by atoms with Crippen LogP contribution >= 0.6 is 11.3 Å². The number of anilines is 1. The van der Waals surface area contributed by atoms with Gasteiger partial charge in [0.25, 0.3) is 5.91 Å². The number of aromatic nitrogens is 1. The lowest BCUT2D eigenvalue weighted by Gasteiger charge is -2.13. The van der Waals surface area contributed by atoms with Crippen LogP contribution in [0.4, 0.5) is 5.69 Å². The molecule has 3 nitrogen and oxygen atoms in total. The lowest BCUT2D eigenvalue weighted by Crippen LogP contribution is -2.15. The molecule has 0 aliphatic carbocycles. The van der Waals surface area contributed by atoms with E-state index < -0.39 is 0 Å². The fourth-order valence-electron chi connectivity index (χ4n) is 1.82.